The number of rotatable bonds is 6. The molecule has 2 aliphatic rings. The molecular formula is C30H29FN4O5. The SMILES string of the molecule is CC(=O)N1CCC(OC(=O)c2nc(NC(=O)C3C=CC=CC3)c3cc(Cc4ccc(F)cc4)cnc3c2O)CC1. The predicted molar refractivity (Wildman–Crippen MR) is 146 cm³/mol. The van der Waals surface area contributed by atoms with Crippen LogP contribution in [0.2, 0.25) is 0 Å². The highest BCUT2D eigenvalue weighted by Gasteiger charge is 2.28. The van der Waals surface area contributed by atoms with Gasteiger partial charge in [-0.2, -0.15) is 0 Å². The molecule has 1 atom stereocenters. The second-order valence-corrected chi connectivity index (χ2v) is 9.96. The zero-order valence-corrected chi connectivity index (χ0v) is 22.0. The van der Waals surface area contributed by atoms with Gasteiger partial charge < -0.3 is 20.1 Å². The van der Waals surface area contributed by atoms with Crippen molar-refractivity contribution in [3.05, 3.63) is 83.5 Å². The third-order valence-electron chi connectivity index (χ3n) is 7.11. The Bertz CT molecular complexity index is 1510. The number of likely N-dealkylation sites (tertiary alicyclic amines) is 1. The van der Waals surface area contributed by atoms with Crippen LogP contribution in [0.4, 0.5) is 10.2 Å². The summed E-state index contributed by atoms with van der Waals surface area (Å²) in [7, 11) is 0. The van der Waals surface area contributed by atoms with Gasteiger partial charge in [-0.1, -0.05) is 36.4 Å². The summed E-state index contributed by atoms with van der Waals surface area (Å²) >= 11 is 0. The third kappa shape index (κ3) is 6.01. The third-order valence-corrected chi connectivity index (χ3v) is 7.11. The Morgan fingerprint density at radius 1 is 1.12 bits per heavy atom. The number of pyridine rings is 2. The zero-order chi connectivity index (χ0) is 28.2. The first-order chi connectivity index (χ1) is 19.3. The highest BCUT2D eigenvalue weighted by molar-refractivity contribution is 6.06. The number of ether oxygens (including phenoxy) is 1. The molecule has 1 aromatic carbocycles. The molecule has 2 amide bonds. The number of nitrogens with one attached hydrogen (secondary N) is 1. The van der Waals surface area contributed by atoms with Gasteiger partial charge in [-0.05, 0) is 42.2 Å². The minimum absolute atomic E-state index is 0.0350. The molecule has 3 heterocycles. The van der Waals surface area contributed by atoms with Gasteiger partial charge in [0, 0.05) is 44.4 Å². The minimum Gasteiger partial charge on any atom is -0.504 e. The molecule has 2 N–H and O–H groups in total. The molecule has 1 saturated heterocycles. The van der Waals surface area contributed by atoms with Crippen molar-refractivity contribution in [2.45, 2.75) is 38.7 Å². The number of halogens is 1. The fourth-order valence-corrected chi connectivity index (χ4v) is 4.87. The molecule has 1 aliphatic heterocycles. The van der Waals surface area contributed by atoms with E-state index in [9.17, 15) is 23.9 Å². The smallest absolute Gasteiger partial charge is 0.361 e. The summed E-state index contributed by atoms with van der Waals surface area (Å²) in [6, 6.07) is 7.81. The van der Waals surface area contributed by atoms with E-state index in [1.807, 2.05) is 12.2 Å². The summed E-state index contributed by atoms with van der Waals surface area (Å²) in [4.78, 5) is 48.3. The molecule has 206 valence electrons. The summed E-state index contributed by atoms with van der Waals surface area (Å²) in [6.45, 7) is 2.43. The molecule has 2 aromatic heterocycles. The number of aromatic hydroxyl groups is 1. The van der Waals surface area contributed by atoms with Crippen LogP contribution in [0.1, 0.15) is 47.8 Å². The number of hydrogen-bond donors (Lipinski definition) is 2. The second kappa shape index (κ2) is 11.6. The Kier molecular flexibility index (Phi) is 7.86. The molecular weight excluding hydrogens is 515 g/mol. The van der Waals surface area contributed by atoms with Crippen molar-refractivity contribution in [1.29, 1.82) is 0 Å². The molecule has 1 aliphatic carbocycles. The average molecular weight is 545 g/mol. The lowest BCUT2D eigenvalue weighted by Crippen LogP contribution is -2.40. The Labute approximate surface area is 230 Å². The molecule has 40 heavy (non-hydrogen) atoms. The monoisotopic (exact) mass is 544 g/mol. The van der Waals surface area contributed by atoms with Gasteiger partial charge in [0.1, 0.15) is 23.3 Å². The Balaban J connectivity index is 1.46. The van der Waals surface area contributed by atoms with Crippen LogP contribution in [0.15, 0.2) is 60.8 Å². The first-order valence-electron chi connectivity index (χ1n) is 13.1. The van der Waals surface area contributed by atoms with Crippen molar-refractivity contribution in [3.8, 4) is 5.75 Å². The molecule has 3 aromatic rings. The number of carbonyl (C=O) groups is 3. The van der Waals surface area contributed by atoms with Crippen molar-refractivity contribution in [2.24, 2.45) is 5.92 Å². The van der Waals surface area contributed by atoms with E-state index in [1.54, 1.807) is 41.4 Å². The second-order valence-electron chi connectivity index (χ2n) is 9.96. The fourth-order valence-electron chi connectivity index (χ4n) is 4.87. The molecule has 0 saturated carbocycles. The molecule has 0 bridgehead atoms. The standard InChI is InChI=1S/C30H29FN4O5/c1-18(36)35-13-11-23(12-14-35)40-30(39)26-27(37)25-24(28(33-26)34-29(38)21-5-3-2-4-6-21)16-20(17-32-25)15-19-7-9-22(31)10-8-19/h2-5,7-10,16-17,21,23,37H,6,11-15H2,1H3,(H,33,34,38). The average Bonchev–Trinajstić information content (AvgIpc) is 2.96. The van der Waals surface area contributed by atoms with E-state index in [-0.39, 0.29) is 34.7 Å². The van der Waals surface area contributed by atoms with E-state index in [4.69, 9.17) is 4.74 Å². The van der Waals surface area contributed by atoms with Gasteiger partial charge in [0.25, 0.3) is 0 Å². The predicted octanol–water partition coefficient (Wildman–Crippen LogP) is 4.30. The number of benzene rings is 1. The minimum atomic E-state index is -0.839. The van der Waals surface area contributed by atoms with Crippen LogP contribution in [0.25, 0.3) is 10.9 Å². The van der Waals surface area contributed by atoms with Crippen molar-refractivity contribution in [3.63, 3.8) is 0 Å². The number of amides is 2. The van der Waals surface area contributed by atoms with E-state index in [2.05, 4.69) is 15.3 Å². The van der Waals surface area contributed by atoms with Crippen LogP contribution >= 0.6 is 0 Å². The first kappa shape index (κ1) is 27.0. The number of anilines is 1. The number of piperidine rings is 1. The maximum absolute atomic E-state index is 13.4. The molecule has 10 heteroatoms. The van der Waals surface area contributed by atoms with Gasteiger partial charge in [-0.15, -0.1) is 0 Å². The maximum Gasteiger partial charge on any atom is 0.361 e. The molecule has 0 radical (unpaired) electrons. The van der Waals surface area contributed by atoms with Gasteiger partial charge in [0.2, 0.25) is 11.8 Å². The van der Waals surface area contributed by atoms with E-state index < -0.39 is 23.7 Å². The molecule has 1 fully saturated rings. The van der Waals surface area contributed by atoms with Crippen LogP contribution in [0.5, 0.6) is 5.75 Å². The van der Waals surface area contributed by atoms with Crippen molar-refractivity contribution in [2.75, 3.05) is 18.4 Å². The highest BCUT2D eigenvalue weighted by Crippen LogP contribution is 2.33. The number of esters is 1. The topological polar surface area (TPSA) is 122 Å². The Morgan fingerprint density at radius 3 is 2.55 bits per heavy atom. The molecule has 0 spiro atoms. The Morgan fingerprint density at radius 2 is 1.88 bits per heavy atom. The number of hydrogen-bond acceptors (Lipinski definition) is 7. The van der Waals surface area contributed by atoms with Crippen molar-refractivity contribution < 1.29 is 28.6 Å². The summed E-state index contributed by atoms with van der Waals surface area (Å²) in [5.74, 6) is -2.33. The number of aromatic nitrogens is 2. The molecule has 9 nitrogen and oxygen atoms in total. The summed E-state index contributed by atoms with van der Waals surface area (Å²) in [6.07, 6.45) is 10.3. The zero-order valence-electron chi connectivity index (χ0n) is 22.0. The summed E-state index contributed by atoms with van der Waals surface area (Å²) in [5, 5.41) is 14.2. The van der Waals surface area contributed by atoms with E-state index >= 15 is 0 Å². The van der Waals surface area contributed by atoms with E-state index in [1.165, 1.54) is 19.1 Å². The maximum atomic E-state index is 13.4. The normalized spacial score (nSPS) is 17.1. The van der Waals surface area contributed by atoms with Crippen molar-refractivity contribution >= 4 is 34.5 Å². The van der Waals surface area contributed by atoms with Gasteiger partial charge in [-0.3, -0.25) is 14.6 Å². The van der Waals surface area contributed by atoms with Gasteiger partial charge in [-0.25, -0.2) is 14.2 Å². The quantitative estimate of drug-likeness (QED) is 0.444. The Hall–Kier alpha value is -4.60. The first-order valence-corrected chi connectivity index (χ1v) is 13.1. The van der Waals surface area contributed by atoms with Crippen LogP contribution in [0, 0.1) is 11.7 Å². The van der Waals surface area contributed by atoms with Crippen molar-refractivity contribution in [1.82, 2.24) is 14.9 Å². The largest absolute Gasteiger partial charge is 0.504 e. The fraction of sp³-hybridized carbons (Fsp3) is 0.300. The number of fused-ring (bicyclic) bond motifs is 1. The van der Waals surface area contributed by atoms with Crippen LogP contribution in [-0.4, -0.2) is 57.0 Å². The van der Waals surface area contributed by atoms with Gasteiger partial charge in [0.05, 0.1) is 5.92 Å². The van der Waals surface area contributed by atoms with Crippen LogP contribution < -0.4 is 5.32 Å². The van der Waals surface area contributed by atoms with Crippen LogP contribution in [0.3, 0.4) is 0 Å². The number of nitrogens with zero attached hydrogens (tertiary/aromatic N) is 3. The van der Waals surface area contributed by atoms with Crippen LogP contribution in [-0.2, 0) is 20.7 Å². The van der Waals surface area contributed by atoms with Gasteiger partial charge >= 0.3 is 5.97 Å². The van der Waals surface area contributed by atoms with E-state index in [0.717, 1.165) is 11.1 Å². The van der Waals surface area contributed by atoms with Gasteiger partial charge in [0.15, 0.2) is 11.4 Å². The number of allylic oxidation sites excluding steroid dienone is 3. The lowest BCUT2D eigenvalue weighted by Gasteiger charge is -2.30. The lowest BCUT2D eigenvalue weighted by atomic mass is 10.00. The summed E-state index contributed by atoms with van der Waals surface area (Å²) in [5.41, 5.74) is 1.32. The number of carbonyl (C=O) groups excluding carboxylic acids is 3. The lowest BCUT2D eigenvalue weighted by molar-refractivity contribution is -0.130. The highest BCUT2D eigenvalue weighted by atomic mass is 19.1. The van der Waals surface area contributed by atoms with E-state index in [0.29, 0.717) is 44.2 Å². The summed E-state index contributed by atoms with van der Waals surface area (Å²) < 4.78 is 19.0. The molecule has 5 rings (SSSR count). The molecule has 1 unspecified atom stereocenters.